The molecular weight excluding hydrogens is 1570 g/mol. The number of rotatable bonds is 9. The largest absolute Gasteiger partial charge is 0.355 e. The maximum atomic E-state index is 3.58. The summed E-state index contributed by atoms with van der Waals surface area (Å²) in [6.07, 6.45) is 0. The number of aromatic nitrogens is 6. The number of H-pyrrole nitrogens is 3. The quantitative estimate of drug-likeness (QED) is 0.129. The van der Waals surface area contributed by atoms with E-state index in [1.165, 1.54) is 258 Å². The van der Waals surface area contributed by atoms with Crippen molar-refractivity contribution >= 4 is 174 Å². The molecule has 0 amide bonds. The zero-order chi connectivity index (χ0) is 85.4. The van der Waals surface area contributed by atoms with Crippen LogP contribution in [-0.4, -0.2) is 28.7 Å². The molecule has 6 heterocycles. The third kappa shape index (κ3) is 12.0. The average Bonchev–Trinajstić information content (AvgIpc) is 1.49. The maximum absolute atomic E-state index is 3.58. The summed E-state index contributed by atoms with van der Waals surface area (Å²) in [5.41, 5.74) is 32.7. The molecule has 0 unspecified atom stereocenters. The van der Waals surface area contributed by atoms with Gasteiger partial charge in [-0.25, -0.2) is 0 Å². The molecule has 3 N–H and O–H groups in total. The third-order valence-electron chi connectivity index (χ3n) is 27.2. The second-order valence-electron chi connectivity index (χ2n) is 34.3. The van der Waals surface area contributed by atoms with Crippen LogP contribution in [0.15, 0.2) is 467 Å². The molecule has 0 spiro atoms. The number of benzene rings is 22. The van der Waals surface area contributed by atoms with Crippen molar-refractivity contribution in [2.75, 3.05) is 0 Å². The number of hydrogen-bond donors (Lipinski definition) is 3. The molecule has 0 bridgehead atoms. The third-order valence-corrected chi connectivity index (χ3v) is 27.2. The predicted octanol–water partition coefficient (Wildman–Crippen LogP) is 33.9. The number of hydrogen-bond acceptors (Lipinski definition) is 0. The van der Waals surface area contributed by atoms with Crippen molar-refractivity contribution in [2.45, 2.75) is 0 Å². The molecule has 0 fully saturated rings. The van der Waals surface area contributed by atoms with Crippen molar-refractivity contribution in [3.8, 4) is 83.8 Å². The monoisotopic (exact) mass is 1650 g/mol. The summed E-state index contributed by atoms with van der Waals surface area (Å²) in [5, 5.41) is 25.4. The molecule has 130 heavy (non-hydrogen) atoms. The summed E-state index contributed by atoms with van der Waals surface area (Å²) in [6, 6.07) is 170. The van der Waals surface area contributed by atoms with Gasteiger partial charge in [0.1, 0.15) is 0 Å². The Kier molecular flexibility index (Phi) is 17.2. The Hall–Kier alpha value is -17.3. The first-order chi connectivity index (χ1) is 64.5. The van der Waals surface area contributed by atoms with Gasteiger partial charge < -0.3 is 28.7 Å². The first-order valence-electron chi connectivity index (χ1n) is 44.8. The van der Waals surface area contributed by atoms with Crippen molar-refractivity contribution in [2.24, 2.45) is 0 Å². The van der Waals surface area contributed by atoms with E-state index in [0.29, 0.717) is 0 Å². The Balaban J connectivity index is 0.000000103. The molecule has 0 aliphatic carbocycles. The van der Waals surface area contributed by atoms with Gasteiger partial charge in [0, 0.05) is 115 Å². The van der Waals surface area contributed by atoms with Crippen LogP contribution in [0, 0.1) is 0 Å². The highest BCUT2D eigenvalue weighted by atomic mass is 15.0. The van der Waals surface area contributed by atoms with Crippen LogP contribution in [0.5, 0.6) is 0 Å². The number of fused-ring (bicyclic) bond motifs is 25. The van der Waals surface area contributed by atoms with Crippen molar-refractivity contribution in [3.05, 3.63) is 467 Å². The molecule has 0 aliphatic rings. The molecule has 0 atom stereocenters. The highest BCUT2D eigenvalue weighted by molar-refractivity contribution is 6.28. The fourth-order valence-corrected chi connectivity index (χ4v) is 21.3. The Labute approximate surface area is 748 Å². The van der Waals surface area contributed by atoms with Crippen LogP contribution in [0.25, 0.3) is 258 Å². The van der Waals surface area contributed by atoms with Crippen LogP contribution in [0.4, 0.5) is 0 Å². The molecule has 606 valence electrons. The molecular formula is C124H80N6. The van der Waals surface area contributed by atoms with Gasteiger partial charge in [0.15, 0.2) is 0 Å². The van der Waals surface area contributed by atoms with Gasteiger partial charge in [-0.05, 0) is 243 Å². The van der Waals surface area contributed by atoms with E-state index < -0.39 is 0 Å². The van der Waals surface area contributed by atoms with Crippen LogP contribution in [0.1, 0.15) is 0 Å². The first kappa shape index (κ1) is 74.1. The lowest BCUT2D eigenvalue weighted by Gasteiger charge is -2.16. The van der Waals surface area contributed by atoms with Gasteiger partial charge in [0.2, 0.25) is 0 Å². The summed E-state index contributed by atoms with van der Waals surface area (Å²) in [6.45, 7) is 0. The Bertz CT molecular complexity index is 9420. The minimum atomic E-state index is 1.17. The van der Waals surface area contributed by atoms with Crippen LogP contribution in [-0.2, 0) is 0 Å². The summed E-state index contributed by atoms with van der Waals surface area (Å²) >= 11 is 0. The van der Waals surface area contributed by atoms with Gasteiger partial charge in [-0.1, -0.05) is 334 Å². The molecule has 0 radical (unpaired) electrons. The molecule has 6 aromatic heterocycles. The predicted molar refractivity (Wildman–Crippen MR) is 553 cm³/mol. The van der Waals surface area contributed by atoms with Crippen LogP contribution >= 0.6 is 0 Å². The van der Waals surface area contributed by atoms with Gasteiger partial charge in [-0.2, -0.15) is 0 Å². The number of nitrogens with zero attached hydrogens (tertiary/aromatic N) is 3. The smallest absolute Gasteiger partial charge is 0.0553 e. The topological polar surface area (TPSA) is 62.2 Å². The second kappa shape index (κ2) is 30.2. The Morgan fingerprint density at radius 3 is 0.808 bits per heavy atom. The molecule has 0 saturated carbocycles. The van der Waals surface area contributed by atoms with E-state index in [9.17, 15) is 0 Å². The lowest BCUT2D eigenvalue weighted by Crippen LogP contribution is -1.94. The number of para-hydroxylation sites is 9. The van der Waals surface area contributed by atoms with Crippen molar-refractivity contribution < 1.29 is 0 Å². The summed E-state index contributed by atoms with van der Waals surface area (Å²) in [7, 11) is 0. The summed E-state index contributed by atoms with van der Waals surface area (Å²) < 4.78 is 7.24. The van der Waals surface area contributed by atoms with E-state index in [1.807, 2.05) is 0 Å². The minimum Gasteiger partial charge on any atom is -0.355 e. The van der Waals surface area contributed by atoms with E-state index in [0.717, 1.165) is 0 Å². The van der Waals surface area contributed by atoms with E-state index >= 15 is 0 Å². The molecule has 6 heteroatoms. The van der Waals surface area contributed by atoms with E-state index in [1.54, 1.807) is 0 Å². The zero-order valence-corrected chi connectivity index (χ0v) is 70.8. The van der Waals surface area contributed by atoms with Crippen LogP contribution in [0.3, 0.4) is 0 Å². The molecule has 0 saturated heterocycles. The molecule has 22 aromatic carbocycles. The molecule has 6 nitrogen and oxygen atoms in total. The van der Waals surface area contributed by atoms with Crippen LogP contribution in [0.2, 0.25) is 0 Å². The van der Waals surface area contributed by atoms with Gasteiger partial charge in [0.05, 0.1) is 33.1 Å². The highest BCUT2D eigenvalue weighted by Crippen LogP contribution is 2.49. The summed E-state index contributed by atoms with van der Waals surface area (Å²) in [4.78, 5) is 10.7. The number of aromatic amines is 3. The summed E-state index contributed by atoms with van der Waals surface area (Å²) in [5.74, 6) is 0. The van der Waals surface area contributed by atoms with E-state index in [4.69, 9.17) is 0 Å². The van der Waals surface area contributed by atoms with E-state index in [-0.39, 0.29) is 0 Å². The van der Waals surface area contributed by atoms with Gasteiger partial charge in [0.25, 0.3) is 0 Å². The average molecular weight is 1650 g/mol. The van der Waals surface area contributed by atoms with Gasteiger partial charge in [-0.3, -0.25) is 0 Å². The first-order valence-corrected chi connectivity index (χ1v) is 44.8. The standard InChI is InChI=1S/C44H28N2.2C40H26N2/c1-2-12-29(13-3-1)46-42-21-11-9-19-37(42)44-36-18-7-6-16-33(36)38(27-43(44)46)34-24-23-30(31-14-4-5-15-32(31)34)28-22-25-41-39(26-28)35-17-8-10-20-40(35)45-41;1-2-13-29(14-3-1)42-38-20-9-7-18-33(38)40-32-17-5-4-15-30(32)34(25-39(40)42)28-12-10-11-26(23-28)27-21-22-37-35(24-27)31-16-6-8-19-36(31)41-37;1-2-10-29(11-3-1)42-38-17-9-7-15-33(38)40-32-14-5-4-12-30(32)34(25-39(40)42)27-20-18-26(19-21-27)28-22-23-37-35(24-28)31-13-6-8-16-36(31)41-37/h1-27,45H;2*1-25,41H. The fourth-order valence-electron chi connectivity index (χ4n) is 21.3. The van der Waals surface area contributed by atoms with Crippen molar-refractivity contribution in [1.82, 2.24) is 28.7 Å². The lowest BCUT2D eigenvalue weighted by molar-refractivity contribution is 1.18. The highest BCUT2D eigenvalue weighted by Gasteiger charge is 2.24. The fraction of sp³-hybridized carbons (Fsp3) is 0. The van der Waals surface area contributed by atoms with Gasteiger partial charge >= 0.3 is 0 Å². The molecule has 28 aromatic rings. The van der Waals surface area contributed by atoms with Crippen LogP contribution < -0.4 is 0 Å². The van der Waals surface area contributed by atoms with Gasteiger partial charge in [-0.15, -0.1) is 0 Å². The Morgan fingerprint density at radius 2 is 0.385 bits per heavy atom. The van der Waals surface area contributed by atoms with Crippen molar-refractivity contribution in [3.63, 3.8) is 0 Å². The lowest BCUT2D eigenvalue weighted by atomic mass is 9.89. The Morgan fingerprint density at radius 1 is 0.123 bits per heavy atom. The maximum Gasteiger partial charge on any atom is 0.0553 e. The number of nitrogens with one attached hydrogen (secondary N) is 3. The van der Waals surface area contributed by atoms with Crippen molar-refractivity contribution in [1.29, 1.82) is 0 Å². The second-order valence-corrected chi connectivity index (χ2v) is 34.3. The minimum absolute atomic E-state index is 1.17. The normalized spacial score (nSPS) is 11.8. The SMILES string of the molecule is c1ccc(-n2c3ccccc3c3c4ccccc4c(-c4ccc(-c5ccc6[nH]c7ccccc7c6c5)c5ccccc45)cc32)cc1.c1ccc(-n2c3ccccc3c3c4ccccc4c(-c4ccc(-c5ccc6[nH]c7ccccc7c6c5)cc4)cc32)cc1.c1ccc(-n2c3ccccc3c3c4ccccc4c(-c4cccc(-c5ccc6[nH]c7ccccc7c6c5)c4)cc32)cc1. The molecule has 0 aliphatic heterocycles. The molecule has 28 rings (SSSR count). The van der Waals surface area contributed by atoms with E-state index in [2.05, 4.69) is 496 Å². The zero-order valence-electron chi connectivity index (χ0n) is 70.8.